The summed E-state index contributed by atoms with van der Waals surface area (Å²) in [5.41, 5.74) is 1.17. The van der Waals surface area contributed by atoms with Crippen molar-refractivity contribution in [1.29, 1.82) is 0 Å². The summed E-state index contributed by atoms with van der Waals surface area (Å²) in [6.45, 7) is 4.18. The van der Waals surface area contributed by atoms with E-state index >= 15 is 0 Å². The summed E-state index contributed by atoms with van der Waals surface area (Å²) in [5.74, 6) is 0.766. The fourth-order valence-corrected chi connectivity index (χ4v) is 3.91. The van der Waals surface area contributed by atoms with E-state index in [1.54, 1.807) is 0 Å². The first-order valence-electron chi connectivity index (χ1n) is 6.00. The maximum absolute atomic E-state index is 12.1. The minimum absolute atomic E-state index is 0.152. The highest BCUT2D eigenvalue weighted by molar-refractivity contribution is 7.85. The van der Waals surface area contributed by atoms with Crippen LogP contribution in [0, 0.1) is 0 Å². The van der Waals surface area contributed by atoms with Crippen molar-refractivity contribution in [3.63, 3.8) is 0 Å². The summed E-state index contributed by atoms with van der Waals surface area (Å²) in [6, 6.07) is 8.35. The van der Waals surface area contributed by atoms with E-state index in [9.17, 15) is 4.21 Å². The Morgan fingerprint density at radius 1 is 1.41 bits per heavy atom. The molecule has 2 nitrogen and oxygen atoms in total. The van der Waals surface area contributed by atoms with Crippen LogP contribution in [0.15, 0.2) is 24.3 Å². The molecule has 1 aliphatic rings. The molecule has 2 rings (SSSR count). The minimum atomic E-state index is -0.746. The molecule has 1 aliphatic heterocycles. The molecule has 1 N–H and O–H groups in total. The lowest BCUT2D eigenvalue weighted by Crippen LogP contribution is -2.48. The van der Waals surface area contributed by atoms with E-state index in [-0.39, 0.29) is 11.3 Å². The topological polar surface area (TPSA) is 29.1 Å². The van der Waals surface area contributed by atoms with Crippen LogP contribution in [0.1, 0.15) is 31.9 Å². The van der Waals surface area contributed by atoms with E-state index < -0.39 is 10.8 Å². The fourth-order valence-electron chi connectivity index (χ4n) is 2.21. The molecule has 1 saturated heterocycles. The second-order valence-electron chi connectivity index (χ2n) is 4.55. The van der Waals surface area contributed by atoms with E-state index in [0.717, 1.165) is 17.2 Å². The number of hydrogen-bond donors (Lipinski definition) is 1. The Morgan fingerprint density at radius 3 is 2.65 bits per heavy atom. The molecule has 1 heterocycles. The quantitative estimate of drug-likeness (QED) is 0.896. The van der Waals surface area contributed by atoms with Gasteiger partial charge in [0, 0.05) is 33.7 Å². The first-order valence-corrected chi connectivity index (χ1v) is 7.76. The van der Waals surface area contributed by atoms with E-state index in [0.29, 0.717) is 6.04 Å². The number of benzene rings is 1. The Kier molecular flexibility index (Phi) is 4.23. The van der Waals surface area contributed by atoms with Crippen molar-refractivity contribution in [1.82, 2.24) is 5.32 Å². The Morgan fingerprint density at radius 2 is 2.06 bits per heavy atom. The molecule has 4 atom stereocenters. The maximum atomic E-state index is 12.1. The molecule has 0 saturated carbocycles. The molecule has 0 spiro atoms. The molecule has 0 aliphatic carbocycles. The van der Waals surface area contributed by atoms with Crippen molar-refractivity contribution in [2.75, 3.05) is 5.75 Å². The third-order valence-electron chi connectivity index (χ3n) is 3.39. The van der Waals surface area contributed by atoms with Gasteiger partial charge in [0.15, 0.2) is 0 Å². The number of hydrogen-bond acceptors (Lipinski definition) is 2. The van der Waals surface area contributed by atoms with Crippen LogP contribution in [0.3, 0.4) is 0 Å². The minimum Gasteiger partial charge on any atom is -0.305 e. The standard InChI is InChI=1S/C13H18ClNOS/c1-3-12-8-17(16)9(2)13(15-12)10-4-6-11(14)7-5-10/h4-7,9,12-13,15H,3,8H2,1-2H3. The molecule has 4 unspecified atom stereocenters. The van der Waals surface area contributed by atoms with Gasteiger partial charge in [-0.05, 0) is 31.0 Å². The van der Waals surface area contributed by atoms with Crippen LogP contribution >= 0.6 is 11.6 Å². The lowest BCUT2D eigenvalue weighted by atomic mass is 10.0. The van der Waals surface area contributed by atoms with Crippen LogP contribution in [0.2, 0.25) is 5.02 Å². The van der Waals surface area contributed by atoms with Crippen molar-refractivity contribution in [3.05, 3.63) is 34.9 Å². The predicted octanol–water partition coefficient (Wildman–Crippen LogP) is 2.90. The average Bonchev–Trinajstić information content (AvgIpc) is 2.34. The van der Waals surface area contributed by atoms with Crippen molar-refractivity contribution < 1.29 is 4.21 Å². The Hall–Kier alpha value is -0.380. The summed E-state index contributed by atoms with van der Waals surface area (Å²) < 4.78 is 12.1. The van der Waals surface area contributed by atoms with Gasteiger partial charge in [-0.25, -0.2) is 0 Å². The zero-order chi connectivity index (χ0) is 12.4. The first kappa shape index (κ1) is 13.1. The summed E-state index contributed by atoms with van der Waals surface area (Å²) in [4.78, 5) is 0. The second kappa shape index (κ2) is 5.51. The molecule has 1 aromatic carbocycles. The van der Waals surface area contributed by atoms with E-state index in [1.165, 1.54) is 5.56 Å². The summed E-state index contributed by atoms with van der Waals surface area (Å²) in [7, 11) is -0.746. The third kappa shape index (κ3) is 2.90. The lowest BCUT2D eigenvalue weighted by Gasteiger charge is -2.35. The summed E-state index contributed by atoms with van der Waals surface area (Å²) >= 11 is 5.89. The highest BCUT2D eigenvalue weighted by atomic mass is 35.5. The average molecular weight is 272 g/mol. The molecule has 4 heteroatoms. The first-order chi connectivity index (χ1) is 8.11. The summed E-state index contributed by atoms with van der Waals surface area (Å²) in [5, 5.41) is 4.48. The van der Waals surface area contributed by atoms with Gasteiger partial charge >= 0.3 is 0 Å². The molecule has 0 radical (unpaired) electrons. The van der Waals surface area contributed by atoms with E-state index in [1.807, 2.05) is 31.2 Å². The Balaban J connectivity index is 2.23. The zero-order valence-corrected chi connectivity index (χ0v) is 11.7. The largest absolute Gasteiger partial charge is 0.305 e. The molecule has 94 valence electrons. The van der Waals surface area contributed by atoms with Crippen LogP contribution in [0.25, 0.3) is 0 Å². The van der Waals surface area contributed by atoms with Gasteiger partial charge in [-0.1, -0.05) is 30.7 Å². The predicted molar refractivity (Wildman–Crippen MR) is 73.9 cm³/mol. The van der Waals surface area contributed by atoms with Gasteiger partial charge in [-0.2, -0.15) is 0 Å². The Labute approximate surface area is 110 Å². The second-order valence-corrected chi connectivity index (χ2v) is 6.83. The van der Waals surface area contributed by atoms with Crippen LogP contribution in [0.4, 0.5) is 0 Å². The van der Waals surface area contributed by atoms with Crippen LogP contribution < -0.4 is 5.32 Å². The molecule has 1 aromatic rings. The van der Waals surface area contributed by atoms with Gasteiger partial charge in [0.1, 0.15) is 0 Å². The lowest BCUT2D eigenvalue weighted by molar-refractivity contribution is 0.421. The fraction of sp³-hybridized carbons (Fsp3) is 0.538. The van der Waals surface area contributed by atoms with Crippen molar-refractivity contribution in [3.8, 4) is 0 Å². The summed E-state index contributed by atoms with van der Waals surface area (Å²) in [6.07, 6.45) is 1.02. The van der Waals surface area contributed by atoms with Crippen molar-refractivity contribution in [2.45, 2.75) is 37.6 Å². The monoisotopic (exact) mass is 271 g/mol. The number of rotatable bonds is 2. The molecular formula is C13H18ClNOS. The van der Waals surface area contributed by atoms with Crippen LogP contribution in [-0.4, -0.2) is 21.3 Å². The molecule has 1 fully saturated rings. The normalized spacial score (nSPS) is 33.6. The van der Waals surface area contributed by atoms with Gasteiger partial charge in [0.2, 0.25) is 0 Å². The highest BCUT2D eigenvalue weighted by Gasteiger charge is 2.32. The van der Waals surface area contributed by atoms with Gasteiger partial charge in [0.25, 0.3) is 0 Å². The van der Waals surface area contributed by atoms with Gasteiger partial charge in [0.05, 0.1) is 5.25 Å². The third-order valence-corrected chi connectivity index (χ3v) is 5.47. The highest BCUT2D eigenvalue weighted by Crippen LogP contribution is 2.27. The van der Waals surface area contributed by atoms with Crippen molar-refractivity contribution >= 4 is 22.4 Å². The van der Waals surface area contributed by atoms with E-state index in [4.69, 9.17) is 11.6 Å². The van der Waals surface area contributed by atoms with E-state index in [2.05, 4.69) is 12.2 Å². The van der Waals surface area contributed by atoms with Crippen LogP contribution in [0.5, 0.6) is 0 Å². The van der Waals surface area contributed by atoms with Crippen LogP contribution in [-0.2, 0) is 10.8 Å². The molecular weight excluding hydrogens is 254 g/mol. The molecule has 0 bridgehead atoms. The van der Waals surface area contributed by atoms with Gasteiger partial charge in [-0.3, -0.25) is 4.21 Å². The number of nitrogens with one attached hydrogen (secondary N) is 1. The molecule has 0 amide bonds. The maximum Gasteiger partial charge on any atom is 0.0515 e. The van der Waals surface area contributed by atoms with Gasteiger partial charge < -0.3 is 5.32 Å². The van der Waals surface area contributed by atoms with Crippen molar-refractivity contribution in [2.24, 2.45) is 0 Å². The SMILES string of the molecule is CCC1CS(=O)C(C)C(c2ccc(Cl)cc2)N1. The number of halogens is 1. The zero-order valence-electron chi connectivity index (χ0n) is 10.2. The van der Waals surface area contributed by atoms with Gasteiger partial charge in [-0.15, -0.1) is 0 Å². The molecule has 0 aromatic heterocycles. The smallest absolute Gasteiger partial charge is 0.0515 e. The molecule has 17 heavy (non-hydrogen) atoms. The Bertz CT molecular complexity index is 406.